The summed E-state index contributed by atoms with van der Waals surface area (Å²) in [6, 6.07) is 19.3. The summed E-state index contributed by atoms with van der Waals surface area (Å²) in [6.45, 7) is 0.907. The highest BCUT2D eigenvalue weighted by molar-refractivity contribution is 6.37. The second-order valence-corrected chi connectivity index (χ2v) is 8.54. The molecule has 1 aliphatic rings. The fourth-order valence-electron chi connectivity index (χ4n) is 3.94. The van der Waals surface area contributed by atoms with E-state index < -0.39 is 11.8 Å². The van der Waals surface area contributed by atoms with E-state index in [1.165, 1.54) is 12.1 Å². The molecule has 34 heavy (non-hydrogen) atoms. The number of carbonyl (C=O) groups is 2. The molecule has 1 aliphatic heterocycles. The highest BCUT2D eigenvalue weighted by Gasteiger charge is 2.29. The largest absolute Gasteiger partial charge is 0.481 e. The molecule has 1 amide bonds. The summed E-state index contributed by atoms with van der Waals surface area (Å²) in [5, 5.41) is 15.2. The minimum absolute atomic E-state index is 0.0872. The fourth-order valence-corrected chi connectivity index (χ4v) is 3.94. The van der Waals surface area contributed by atoms with Crippen LogP contribution in [0.2, 0.25) is 0 Å². The first-order chi connectivity index (χ1) is 16.3. The van der Waals surface area contributed by atoms with Crippen molar-refractivity contribution < 1.29 is 19.1 Å². The van der Waals surface area contributed by atoms with Gasteiger partial charge in [0, 0.05) is 17.8 Å². The van der Waals surface area contributed by atoms with Crippen molar-refractivity contribution in [3.63, 3.8) is 0 Å². The number of hydrogen-bond acceptors (Lipinski definition) is 4. The monoisotopic (exact) mass is 459 g/mol. The molecule has 0 radical (unpaired) electrons. The van der Waals surface area contributed by atoms with Gasteiger partial charge in [-0.15, -0.1) is 0 Å². The molecular weight excluding hydrogens is 433 g/mol. The summed E-state index contributed by atoms with van der Waals surface area (Å²) in [5.41, 5.74) is 5.33. The van der Waals surface area contributed by atoms with Crippen molar-refractivity contribution >= 4 is 34.5 Å². The van der Waals surface area contributed by atoms with E-state index in [2.05, 4.69) is 21.6 Å². The summed E-state index contributed by atoms with van der Waals surface area (Å²) in [4.78, 5) is 26.2. The van der Waals surface area contributed by atoms with Crippen molar-refractivity contribution in [2.24, 2.45) is 0 Å². The van der Waals surface area contributed by atoms with E-state index in [0.717, 1.165) is 29.8 Å². The van der Waals surface area contributed by atoms with Crippen molar-refractivity contribution in [2.75, 3.05) is 31.3 Å². The van der Waals surface area contributed by atoms with Crippen LogP contribution in [-0.2, 0) is 22.4 Å². The lowest BCUT2D eigenvalue weighted by Gasteiger charge is -2.16. The molecule has 3 aromatic rings. The maximum Gasteiger partial charge on any atom is 0.307 e. The standard InChI is InChI=1S/C27H26FN3O3/c1-31(2)13-12-17-4-3-5-21(14-17)29-26(19-8-6-18(7-9-19)15-24(32)33)25-22-11-10-20(28)16-23(22)30-27(25)34/h3-11,14,16,29H,12-13,15H2,1-2H3,(H,30,34)(H,32,33)/b26-25-. The first-order valence-electron chi connectivity index (χ1n) is 11.0. The number of halogens is 1. The number of nitrogens with zero attached hydrogens (tertiary/aromatic N) is 1. The summed E-state index contributed by atoms with van der Waals surface area (Å²) in [5.74, 6) is -1.67. The Morgan fingerprint density at radius 3 is 2.50 bits per heavy atom. The zero-order chi connectivity index (χ0) is 24.2. The quantitative estimate of drug-likeness (QED) is 0.433. The van der Waals surface area contributed by atoms with Gasteiger partial charge >= 0.3 is 5.97 Å². The molecule has 1 heterocycles. The number of rotatable bonds is 8. The summed E-state index contributed by atoms with van der Waals surface area (Å²) < 4.78 is 13.8. The average Bonchev–Trinajstić information content (AvgIpc) is 3.11. The van der Waals surface area contributed by atoms with Crippen LogP contribution in [0.25, 0.3) is 11.3 Å². The topological polar surface area (TPSA) is 81.7 Å². The van der Waals surface area contributed by atoms with Gasteiger partial charge in [-0.25, -0.2) is 4.39 Å². The van der Waals surface area contributed by atoms with Gasteiger partial charge in [0.05, 0.1) is 23.4 Å². The van der Waals surface area contributed by atoms with Crippen molar-refractivity contribution in [3.05, 3.63) is 94.8 Å². The van der Waals surface area contributed by atoms with Crippen LogP contribution in [0.15, 0.2) is 66.7 Å². The van der Waals surface area contributed by atoms with Gasteiger partial charge in [0.2, 0.25) is 0 Å². The Bertz CT molecular complexity index is 1270. The van der Waals surface area contributed by atoms with E-state index in [0.29, 0.717) is 28.1 Å². The molecule has 0 aromatic heterocycles. The number of carbonyl (C=O) groups excluding carboxylic acids is 1. The number of anilines is 2. The molecule has 0 saturated heterocycles. The number of amides is 1. The minimum atomic E-state index is -0.912. The van der Waals surface area contributed by atoms with Gasteiger partial charge < -0.3 is 20.6 Å². The predicted octanol–water partition coefficient (Wildman–Crippen LogP) is 4.49. The normalized spacial score (nSPS) is 14.1. The van der Waals surface area contributed by atoms with Crippen LogP contribution in [-0.4, -0.2) is 42.5 Å². The lowest BCUT2D eigenvalue weighted by molar-refractivity contribution is -0.136. The number of carboxylic acids is 1. The molecule has 3 aromatic carbocycles. The Morgan fingerprint density at radius 2 is 1.79 bits per heavy atom. The van der Waals surface area contributed by atoms with Crippen LogP contribution >= 0.6 is 0 Å². The molecule has 0 atom stereocenters. The first kappa shape index (κ1) is 23.2. The summed E-state index contributed by atoms with van der Waals surface area (Å²) in [7, 11) is 4.05. The number of fused-ring (bicyclic) bond motifs is 1. The molecule has 4 rings (SSSR count). The highest BCUT2D eigenvalue weighted by Crippen LogP contribution is 2.38. The maximum atomic E-state index is 13.8. The lowest BCUT2D eigenvalue weighted by atomic mass is 9.98. The van der Waals surface area contributed by atoms with E-state index in [4.69, 9.17) is 5.11 Å². The van der Waals surface area contributed by atoms with Crippen LogP contribution in [0.3, 0.4) is 0 Å². The fraction of sp³-hybridized carbons (Fsp3) is 0.185. The number of hydrogen-bond donors (Lipinski definition) is 3. The van der Waals surface area contributed by atoms with Gasteiger partial charge in [-0.2, -0.15) is 0 Å². The zero-order valence-electron chi connectivity index (χ0n) is 19.1. The number of likely N-dealkylation sites (N-methyl/N-ethyl adjacent to an activating group) is 1. The minimum Gasteiger partial charge on any atom is -0.481 e. The molecule has 0 fully saturated rings. The molecule has 7 heteroatoms. The number of nitrogens with one attached hydrogen (secondary N) is 2. The highest BCUT2D eigenvalue weighted by atomic mass is 19.1. The third kappa shape index (κ3) is 5.32. The predicted molar refractivity (Wildman–Crippen MR) is 132 cm³/mol. The summed E-state index contributed by atoms with van der Waals surface area (Å²) >= 11 is 0. The van der Waals surface area contributed by atoms with Crippen molar-refractivity contribution in [1.29, 1.82) is 0 Å². The Labute approximate surface area is 197 Å². The molecule has 6 nitrogen and oxygen atoms in total. The molecule has 0 saturated carbocycles. The average molecular weight is 460 g/mol. The van der Waals surface area contributed by atoms with Gasteiger partial charge in [-0.05, 0) is 67.5 Å². The van der Waals surface area contributed by atoms with Gasteiger partial charge in [-0.1, -0.05) is 36.4 Å². The van der Waals surface area contributed by atoms with Crippen molar-refractivity contribution in [3.8, 4) is 0 Å². The number of benzene rings is 3. The van der Waals surface area contributed by atoms with E-state index >= 15 is 0 Å². The van der Waals surface area contributed by atoms with Gasteiger partial charge in [0.25, 0.3) is 5.91 Å². The number of carboxylic acid groups (broad SMARTS) is 1. The first-order valence-corrected chi connectivity index (χ1v) is 11.0. The van der Waals surface area contributed by atoms with Crippen LogP contribution in [0.1, 0.15) is 22.3 Å². The zero-order valence-corrected chi connectivity index (χ0v) is 19.1. The van der Waals surface area contributed by atoms with Gasteiger partial charge in [0.1, 0.15) is 5.82 Å². The van der Waals surface area contributed by atoms with Gasteiger partial charge in [0.15, 0.2) is 0 Å². The lowest BCUT2D eigenvalue weighted by Crippen LogP contribution is -2.15. The molecule has 0 aliphatic carbocycles. The van der Waals surface area contributed by atoms with Crippen LogP contribution in [0.5, 0.6) is 0 Å². The van der Waals surface area contributed by atoms with Crippen molar-refractivity contribution in [1.82, 2.24) is 4.90 Å². The molecular formula is C27H26FN3O3. The SMILES string of the molecule is CN(C)CCc1cccc(N/C(=C2\C(=O)Nc3cc(F)ccc32)c2ccc(CC(=O)O)cc2)c1. The smallest absolute Gasteiger partial charge is 0.307 e. The van der Waals surface area contributed by atoms with E-state index in [9.17, 15) is 14.0 Å². The Morgan fingerprint density at radius 1 is 1.03 bits per heavy atom. The van der Waals surface area contributed by atoms with E-state index in [1.54, 1.807) is 30.3 Å². The maximum absolute atomic E-state index is 13.8. The van der Waals surface area contributed by atoms with Crippen LogP contribution in [0.4, 0.5) is 15.8 Å². The van der Waals surface area contributed by atoms with Gasteiger partial charge in [-0.3, -0.25) is 9.59 Å². The summed E-state index contributed by atoms with van der Waals surface area (Å²) in [6.07, 6.45) is 0.789. The Hall–Kier alpha value is -3.97. The third-order valence-electron chi connectivity index (χ3n) is 5.62. The molecule has 0 spiro atoms. The molecule has 0 unspecified atom stereocenters. The van der Waals surface area contributed by atoms with E-state index in [-0.39, 0.29) is 12.3 Å². The number of aliphatic carboxylic acids is 1. The van der Waals surface area contributed by atoms with Crippen LogP contribution in [0, 0.1) is 5.82 Å². The van der Waals surface area contributed by atoms with E-state index in [1.807, 2.05) is 32.3 Å². The third-order valence-corrected chi connectivity index (χ3v) is 5.62. The molecule has 3 N–H and O–H groups in total. The second-order valence-electron chi connectivity index (χ2n) is 8.54. The Balaban J connectivity index is 1.78. The van der Waals surface area contributed by atoms with Crippen LogP contribution < -0.4 is 10.6 Å². The molecule has 0 bridgehead atoms. The Kier molecular flexibility index (Phi) is 6.75. The second kappa shape index (κ2) is 9.89. The molecule has 174 valence electrons. The van der Waals surface area contributed by atoms with Crippen molar-refractivity contribution in [2.45, 2.75) is 12.8 Å².